The lowest BCUT2D eigenvalue weighted by Crippen LogP contribution is -2.34. The molecule has 0 spiro atoms. The highest BCUT2D eigenvalue weighted by Gasteiger charge is 2.36. The van der Waals surface area contributed by atoms with Gasteiger partial charge in [-0.25, -0.2) is 0 Å². The Morgan fingerprint density at radius 3 is 2.68 bits per heavy atom. The maximum absolute atomic E-state index is 11.9. The van der Waals surface area contributed by atoms with Crippen molar-refractivity contribution in [3.63, 3.8) is 0 Å². The van der Waals surface area contributed by atoms with Crippen molar-refractivity contribution in [2.24, 2.45) is 0 Å². The molecule has 0 N–H and O–H groups in total. The smallest absolute Gasteiger partial charge is 0.299 e. The number of benzene rings is 1. The van der Waals surface area contributed by atoms with Crippen LogP contribution in [0.5, 0.6) is 5.75 Å². The van der Waals surface area contributed by atoms with E-state index in [4.69, 9.17) is 4.74 Å². The Bertz CT molecular complexity index is 550. The van der Waals surface area contributed by atoms with Gasteiger partial charge < -0.3 is 4.74 Å². The minimum Gasteiger partial charge on any atom is -0.497 e. The zero-order valence-electron chi connectivity index (χ0n) is 10.9. The summed E-state index contributed by atoms with van der Waals surface area (Å²) in [6, 6.07) is 4.79. The van der Waals surface area contributed by atoms with Crippen LogP contribution in [-0.2, 0) is 9.59 Å². The molecule has 0 atom stereocenters. The molecule has 1 aliphatic rings. The van der Waals surface area contributed by atoms with Crippen molar-refractivity contribution in [2.75, 3.05) is 18.6 Å². The topological polar surface area (TPSA) is 63.7 Å². The van der Waals surface area contributed by atoms with Gasteiger partial charge in [0.2, 0.25) is 0 Å². The molecule has 19 heavy (non-hydrogen) atoms. The van der Waals surface area contributed by atoms with Crippen LogP contribution in [0.1, 0.15) is 30.1 Å². The van der Waals surface area contributed by atoms with Gasteiger partial charge in [-0.1, -0.05) is 6.92 Å². The zero-order valence-corrected chi connectivity index (χ0v) is 10.9. The van der Waals surface area contributed by atoms with Crippen molar-refractivity contribution in [3.8, 4) is 5.75 Å². The number of nitrogens with zero attached hydrogens (tertiary/aromatic N) is 1. The van der Waals surface area contributed by atoms with Gasteiger partial charge in [-0.05, 0) is 18.6 Å². The third kappa shape index (κ3) is 2.36. The van der Waals surface area contributed by atoms with Gasteiger partial charge in [-0.3, -0.25) is 19.3 Å². The highest BCUT2D eigenvalue weighted by Crippen LogP contribution is 2.32. The summed E-state index contributed by atoms with van der Waals surface area (Å²) >= 11 is 0. The molecular formula is C14H15NO4. The number of amides is 1. The molecule has 1 aliphatic heterocycles. The van der Waals surface area contributed by atoms with Crippen LogP contribution in [0.15, 0.2) is 18.2 Å². The molecule has 1 amide bonds. The summed E-state index contributed by atoms with van der Waals surface area (Å²) in [5, 5.41) is 0. The summed E-state index contributed by atoms with van der Waals surface area (Å²) in [5.74, 6) is -0.719. The van der Waals surface area contributed by atoms with Crippen LogP contribution < -0.4 is 9.64 Å². The van der Waals surface area contributed by atoms with E-state index in [0.717, 1.165) is 6.42 Å². The number of hydrogen-bond acceptors (Lipinski definition) is 4. The van der Waals surface area contributed by atoms with E-state index in [0.29, 0.717) is 23.4 Å². The van der Waals surface area contributed by atoms with Gasteiger partial charge in [0, 0.05) is 12.5 Å². The van der Waals surface area contributed by atoms with Gasteiger partial charge in [0.1, 0.15) is 5.75 Å². The van der Waals surface area contributed by atoms with Crippen LogP contribution in [0.4, 0.5) is 5.69 Å². The van der Waals surface area contributed by atoms with Crippen LogP contribution in [0, 0.1) is 0 Å². The van der Waals surface area contributed by atoms with E-state index >= 15 is 0 Å². The van der Waals surface area contributed by atoms with Crippen LogP contribution >= 0.6 is 0 Å². The van der Waals surface area contributed by atoms with E-state index in [9.17, 15) is 14.4 Å². The van der Waals surface area contributed by atoms with Gasteiger partial charge in [0.15, 0.2) is 5.78 Å². The van der Waals surface area contributed by atoms with Crippen molar-refractivity contribution in [2.45, 2.75) is 19.8 Å². The summed E-state index contributed by atoms with van der Waals surface area (Å²) in [6.45, 7) is 1.84. The van der Waals surface area contributed by atoms with Gasteiger partial charge in [0.05, 0.1) is 24.9 Å². The first-order chi connectivity index (χ1) is 9.08. The Kier molecular flexibility index (Phi) is 3.64. The first-order valence-electron chi connectivity index (χ1n) is 6.14. The molecule has 100 valence electrons. The molecule has 1 heterocycles. The van der Waals surface area contributed by atoms with Gasteiger partial charge in [0.25, 0.3) is 11.7 Å². The van der Waals surface area contributed by atoms with E-state index in [1.807, 2.05) is 6.92 Å². The van der Waals surface area contributed by atoms with Crippen LogP contribution in [0.2, 0.25) is 0 Å². The van der Waals surface area contributed by atoms with Crippen LogP contribution in [0.3, 0.4) is 0 Å². The summed E-state index contributed by atoms with van der Waals surface area (Å²) < 4.78 is 5.08. The SMILES string of the molecule is CCCC(=O)CN1C(=O)C(=O)c2ccc(OC)cc21. The van der Waals surface area contributed by atoms with Crippen molar-refractivity contribution < 1.29 is 19.1 Å². The monoisotopic (exact) mass is 261 g/mol. The summed E-state index contributed by atoms with van der Waals surface area (Å²) in [7, 11) is 1.51. The van der Waals surface area contributed by atoms with E-state index in [2.05, 4.69) is 0 Å². The first kappa shape index (κ1) is 13.3. The van der Waals surface area contributed by atoms with E-state index in [1.165, 1.54) is 12.0 Å². The molecule has 2 rings (SSSR count). The van der Waals surface area contributed by atoms with Crippen molar-refractivity contribution in [1.82, 2.24) is 0 Å². The fourth-order valence-electron chi connectivity index (χ4n) is 2.09. The van der Waals surface area contributed by atoms with Gasteiger partial charge in [-0.15, -0.1) is 0 Å². The minimum absolute atomic E-state index is 0.0562. The van der Waals surface area contributed by atoms with Gasteiger partial charge in [-0.2, -0.15) is 0 Å². The molecule has 0 aliphatic carbocycles. The lowest BCUT2D eigenvalue weighted by atomic mass is 10.1. The molecule has 5 nitrogen and oxygen atoms in total. The Morgan fingerprint density at radius 1 is 1.32 bits per heavy atom. The minimum atomic E-state index is -0.646. The molecule has 1 aromatic rings. The number of anilines is 1. The second-order valence-electron chi connectivity index (χ2n) is 4.39. The molecule has 0 saturated carbocycles. The maximum atomic E-state index is 11.9. The number of Topliss-reactive ketones (excluding diaryl/α,β-unsaturated/α-hetero) is 2. The van der Waals surface area contributed by atoms with E-state index in [-0.39, 0.29) is 12.3 Å². The summed E-state index contributed by atoms with van der Waals surface area (Å²) in [4.78, 5) is 36.6. The lowest BCUT2D eigenvalue weighted by Gasteiger charge is -2.15. The molecule has 0 aromatic heterocycles. The van der Waals surface area contributed by atoms with Crippen molar-refractivity contribution in [3.05, 3.63) is 23.8 Å². The first-order valence-corrected chi connectivity index (χ1v) is 6.14. The molecule has 5 heteroatoms. The Morgan fingerprint density at radius 2 is 2.05 bits per heavy atom. The highest BCUT2D eigenvalue weighted by atomic mass is 16.5. The van der Waals surface area contributed by atoms with Crippen LogP contribution in [0.25, 0.3) is 0 Å². The van der Waals surface area contributed by atoms with Gasteiger partial charge >= 0.3 is 0 Å². The molecule has 1 aromatic carbocycles. The largest absolute Gasteiger partial charge is 0.497 e. The number of fused-ring (bicyclic) bond motifs is 1. The standard InChI is InChI=1S/C14H15NO4/c1-3-4-9(16)8-15-12-7-10(19-2)5-6-11(12)13(17)14(15)18/h5-7H,3-4,8H2,1-2H3. The predicted octanol–water partition coefficient (Wildman–Crippen LogP) is 1.59. The van der Waals surface area contributed by atoms with Crippen molar-refractivity contribution in [1.29, 1.82) is 0 Å². The molecule has 0 bridgehead atoms. The fourth-order valence-corrected chi connectivity index (χ4v) is 2.09. The number of rotatable bonds is 5. The van der Waals surface area contributed by atoms with Crippen molar-refractivity contribution >= 4 is 23.2 Å². The average molecular weight is 261 g/mol. The third-order valence-electron chi connectivity index (χ3n) is 3.04. The third-order valence-corrected chi connectivity index (χ3v) is 3.04. The van der Waals surface area contributed by atoms with E-state index < -0.39 is 11.7 Å². The highest BCUT2D eigenvalue weighted by molar-refractivity contribution is 6.52. The number of hydrogen-bond donors (Lipinski definition) is 0. The molecule has 0 radical (unpaired) electrons. The second-order valence-corrected chi connectivity index (χ2v) is 4.39. The Labute approximate surface area is 111 Å². The number of carbonyl (C=O) groups excluding carboxylic acids is 3. The number of ether oxygens (including phenoxy) is 1. The molecule has 0 saturated heterocycles. The zero-order chi connectivity index (χ0) is 14.0. The molecule has 0 fully saturated rings. The lowest BCUT2D eigenvalue weighted by molar-refractivity contribution is -0.120. The Hall–Kier alpha value is -2.17. The predicted molar refractivity (Wildman–Crippen MR) is 69.6 cm³/mol. The number of methoxy groups -OCH3 is 1. The summed E-state index contributed by atoms with van der Waals surface area (Å²) in [6.07, 6.45) is 1.12. The number of carbonyl (C=O) groups is 3. The average Bonchev–Trinajstić information content (AvgIpc) is 2.64. The summed E-state index contributed by atoms with van der Waals surface area (Å²) in [5.41, 5.74) is 0.786. The molecule has 0 unspecified atom stereocenters. The fraction of sp³-hybridized carbons (Fsp3) is 0.357. The maximum Gasteiger partial charge on any atom is 0.299 e. The Balaban J connectivity index is 2.34. The number of ketones is 2. The van der Waals surface area contributed by atoms with Crippen LogP contribution in [-0.4, -0.2) is 31.1 Å². The quantitative estimate of drug-likeness (QED) is 0.755. The molecular weight excluding hydrogens is 246 g/mol. The van der Waals surface area contributed by atoms with E-state index in [1.54, 1.807) is 18.2 Å². The second kappa shape index (κ2) is 5.22. The normalized spacial score (nSPS) is 13.7.